The molecule has 4 rings (SSSR count). The minimum Gasteiger partial charge on any atom is -0.497 e. The second kappa shape index (κ2) is 7.75. The molecule has 146 valence electrons. The fourth-order valence-corrected chi connectivity index (χ4v) is 3.41. The number of ether oxygens (including phenoxy) is 1. The van der Waals surface area contributed by atoms with Crippen LogP contribution >= 0.6 is 0 Å². The van der Waals surface area contributed by atoms with Gasteiger partial charge in [-0.05, 0) is 61.4 Å². The van der Waals surface area contributed by atoms with Crippen LogP contribution in [0.15, 0.2) is 58.5 Å². The molecule has 1 atom stereocenters. The number of methoxy groups -OCH3 is 1. The number of nitrogens with zero attached hydrogens (tertiary/aromatic N) is 4. The molecule has 2 aliphatic heterocycles. The number of halogens is 1. The van der Waals surface area contributed by atoms with Crippen LogP contribution in [0.5, 0.6) is 5.75 Å². The van der Waals surface area contributed by atoms with Gasteiger partial charge in [0.1, 0.15) is 11.6 Å². The Morgan fingerprint density at radius 3 is 2.39 bits per heavy atom. The Morgan fingerprint density at radius 2 is 1.75 bits per heavy atom. The van der Waals surface area contributed by atoms with Crippen molar-refractivity contribution in [2.24, 2.45) is 15.7 Å². The highest BCUT2D eigenvalue weighted by Gasteiger charge is 2.32. The first-order valence-electron chi connectivity index (χ1n) is 9.26. The van der Waals surface area contributed by atoms with E-state index in [0.717, 1.165) is 49.0 Å². The van der Waals surface area contributed by atoms with Gasteiger partial charge in [0, 0.05) is 24.5 Å². The molecule has 7 nitrogen and oxygen atoms in total. The summed E-state index contributed by atoms with van der Waals surface area (Å²) in [5.41, 5.74) is 7.68. The molecule has 0 amide bonds. The Balaban J connectivity index is 1.70. The van der Waals surface area contributed by atoms with Crippen molar-refractivity contribution in [1.82, 2.24) is 4.90 Å². The van der Waals surface area contributed by atoms with Gasteiger partial charge in [0.2, 0.25) is 18.2 Å². The topological polar surface area (TPSA) is 78.5 Å². The lowest BCUT2D eigenvalue weighted by molar-refractivity contribution is 0.415. The average molecular weight is 382 g/mol. The Hall–Kier alpha value is -3.29. The number of hydrogen-bond donors (Lipinski definition) is 2. The third-order valence-corrected chi connectivity index (χ3v) is 4.81. The highest BCUT2D eigenvalue weighted by Crippen LogP contribution is 2.27. The van der Waals surface area contributed by atoms with Crippen molar-refractivity contribution in [1.29, 1.82) is 0 Å². The molecule has 1 unspecified atom stereocenters. The lowest BCUT2D eigenvalue weighted by atomic mass is 10.2. The summed E-state index contributed by atoms with van der Waals surface area (Å²) in [6, 6.07) is 13.9. The Morgan fingerprint density at radius 1 is 1.07 bits per heavy atom. The fraction of sp³-hybridized carbons (Fsp3) is 0.300. The van der Waals surface area contributed by atoms with Crippen molar-refractivity contribution < 1.29 is 9.13 Å². The highest BCUT2D eigenvalue weighted by atomic mass is 19.1. The second-order valence-electron chi connectivity index (χ2n) is 6.69. The number of nitrogens with two attached hydrogens (primary N) is 1. The number of rotatable bonds is 4. The predicted molar refractivity (Wildman–Crippen MR) is 109 cm³/mol. The van der Waals surface area contributed by atoms with E-state index in [0.29, 0.717) is 0 Å². The summed E-state index contributed by atoms with van der Waals surface area (Å²) in [5.74, 6) is 1.45. The van der Waals surface area contributed by atoms with Crippen LogP contribution in [0.2, 0.25) is 0 Å². The normalized spacial score (nSPS) is 19.3. The van der Waals surface area contributed by atoms with Crippen LogP contribution in [0, 0.1) is 5.82 Å². The lowest BCUT2D eigenvalue weighted by Crippen LogP contribution is -2.54. The molecule has 2 aromatic carbocycles. The van der Waals surface area contributed by atoms with Crippen LogP contribution in [-0.2, 0) is 0 Å². The summed E-state index contributed by atoms with van der Waals surface area (Å²) in [6.45, 7) is 1.84. The molecule has 1 fully saturated rings. The molecule has 2 heterocycles. The number of hydrogen-bond acceptors (Lipinski definition) is 7. The fourth-order valence-electron chi connectivity index (χ4n) is 3.41. The van der Waals surface area contributed by atoms with E-state index >= 15 is 0 Å². The number of guanidine groups is 2. The van der Waals surface area contributed by atoms with Crippen LogP contribution in [0.1, 0.15) is 12.8 Å². The Bertz CT molecular complexity index is 875. The van der Waals surface area contributed by atoms with Crippen molar-refractivity contribution in [3.05, 3.63) is 54.3 Å². The lowest BCUT2D eigenvalue weighted by Gasteiger charge is -2.38. The minimum absolute atomic E-state index is 0.214. The van der Waals surface area contributed by atoms with Crippen LogP contribution in [-0.4, -0.2) is 43.3 Å². The van der Waals surface area contributed by atoms with Crippen molar-refractivity contribution >= 4 is 23.3 Å². The standard InChI is InChI=1S/C20H23FN6O/c1-28-17-10-8-16(9-11-17)27-19(23-15-6-4-14(21)5-7-15)24-18(22)25-20(27)26-12-2-3-13-26/h4-11,19,23H,2-3,12-13H2,1H3,(H2,22,24). The molecular formula is C20H23FN6O. The molecule has 0 aliphatic carbocycles. The first-order valence-corrected chi connectivity index (χ1v) is 9.26. The van der Waals surface area contributed by atoms with Crippen molar-refractivity contribution in [3.8, 4) is 5.75 Å². The van der Waals surface area contributed by atoms with E-state index in [1.807, 2.05) is 29.2 Å². The molecule has 0 bridgehead atoms. The number of likely N-dealkylation sites (tertiary alicyclic amines) is 1. The molecule has 8 heteroatoms. The molecule has 0 spiro atoms. The van der Waals surface area contributed by atoms with Crippen LogP contribution in [0.4, 0.5) is 15.8 Å². The zero-order valence-corrected chi connectivity index (χ0v) is 15.7. The zero-order valence-electron chi connectivity index (χ0n) is 15.7. The van der Waals surface area contributed by atoms with E-state index in [-0.39, 0.29) is 11.8 Å². The van der Waals surface area contributed by atoms with E-state index < -0.39 is 6.29 Å². The molecule has 28 heavy (non-hydrogen) atoms. The average Bonchev–Trinajstić information content (AvgIpc) is 3.24. The summed E-state index contributed by atoms with van der Waals surface area (Å²) < 4.78 is 18.6. The maximum absolute atomic E-state index is 13.3. The number of benzene rings is 2. The SMILES string of the molecule is COc1ccc(N2C(N3CCCC3)=NC(N)=NC2Nc2ccc(F)cc2)cc1. The molecule has 0 aromatic heterocycles. The van der Waals surface area contributed by atoms with Gasteiger partial charge in [0.15, 0.2) is 0 Å². The Kier molecular flexibility index (Phi) is 5.01. The minimum atomic E-state index is -0.507. The number of aliphatic imine (C=N–C) groups is 2. The number of nitrogens with one attached hydrogen (secondary N) is 1. The smallest absolute Gasteiger partial charge is 0.222 e. The molecule has 0 radical (unpaired) electrons. The summed E-state index contributed by atoms with van der Waals surface area (Å²) in [4.78, 5) is 13.2. The van der Waals surface area contributed by atoms with Gasteiger partial charge < -0.3 is 20.7 Å². The van der Waals surface area contributed by atoms with Crippen molar-refractivity contribution in [2.45, 2.75) is 19.1 Å². The van der Waals surface area contributed by atoms with Gasteiger partial charge in [-0.2, -0.15) is 4.99 Å². The van der Waals surface area contributed by atoms with Gasteiger partial charge in [0.05, 0.1) is 7.11 Å². The summed E-state index contributed by atoms with van der Waals surface area (Å²) in [5, 5.41) is 3.32. The zero-order chi connectivity index (χ0) is 19.5. The van der Waals surface area contributed by atoms with Crippen LogP contribution < -0.4 is 20.7 Å². The quantitative estimate of drug-likeness (QED) is 0.850. The third-order valence-electron chi connectivity index (χ3n) is 4.81. The van der Waals surface area contributed by atoms with Gasteiger partial charge in [-0.25, -0.2) is 9.38 Å². The van der Waals surface area contributed by atoms with Crippen molar-refractivity contribution in [2.75, 3.05) is 30.4 Å². The van der Waals surface area contributed by atoms with Crippen LogP contribution in [0.3, 0.4) is 0 Å². The van der Waals surface area contributed by atoms with E-state index in [4.69, 9.17) is 10.5 Å². The molecule has 1 saturated heterocycles. The van der Waals surface area contributed by atoms with E-state index in [2.05, 4.69) is 20.2 Å². The summed E-state index contributed by atoms with van der Waals surface area (Å²) in [6.07, 6.45) is 1.72. The summed E-state index contributed by atoms with van der Waals surface area (Å²) >= 11 is 0. The predicted octanol–water partition coefficient (Wildman–Crippen LogP) is 2.82. The largest absolute Gasteiger partial charge is 0.497 e. The maximum Gasteiger partial charge on any atom is 0.222 e. The summed E-state index contributed by atoms with van der Waals surface area (Å²) in [7, 11) is 1.64. The first-order chi connectivity index (χ1) is 13.6. The molecule has 0 saturated carbocycles. The first kappa shape index (κ1) is 18.1. The maximum atomic E-state index is 13.3. The van der Waals surface area contributed by atoms with Gasteiger partial charge in [-0.3, -0.25) is 4.90 Å². The van der Waals surface area contributed by atoms with Crippen LogP contribution in [0.25, 0.3) is 0 Å². The number of anilines is 2. The molecular weight excluding hydrogens is 359 g/mol. The molecule has 2 aromatic rings. The van der Waals surface area contributed by atoms with Crippen molar-refractivity contribution in [3.63, 3.8) is 0 Å². The Labute approximate surface area is 163 Å². The van der Waals surface area contributed by atoms with E-state index in [1.165, 1.54) is 12.1 Å². The van der Waals surface area contributed by atoms with Gasteiger partial charge in [0.25, 0.3) is 0 Å². The van der Waals surface area contributed by atoms with Gasteiger partial charge >= 0.3 is 0 Å². The molecule has 3 N–H and O–H groups in total. The third kappa shape index (κ3) is 3.71. The molecule has 2 aliphatic rings. The van der Waals surface area contributed by atoms with Gasteiger partial charge in [-0.15, -0.1) is 0 Å². The van der Waals surface area contributed by atoms with E-state index in [9.17, 15) is 4.39 Å². The monoisotopic (exact) mass is 382 g/mol. The highest BCUT2D eigenvalue weighted by molar-refractivity contribution is 6.06. The second-order valence-corrected chi connectivity index (χ2v) is 6.69. The van der Waals surface area contributed by atoms with E-state index in [1.54, 1.807) is 19.2 Å². The van der Waals surface area contributed by atoms with Gasteiger partial charge in [-0.1, -0.05) is 0 Å².